The second-order valence-corrected chi connectivity index (χ2v) is 5.09. The molecule has 1 aromatic rings. The van der Waals surface area contributed by atoms with Gasteiger partial charge < -0.3 is 9.90 Å². The van der Waals surface area contributed by atoms with Crippen molar-refractivity contribution in [3.8, 4) is 0 Å². The minimum Gasteiger partial charge on any atom is -0.395 e. The van der Waals surface area contributed by atoms with Crippen molar-refractivity contribution in [1.29, 1.82) is 0 Å². The van der Waals surface area contributed by atoms with Crippen molar-refractivity contribution in [1.82, 2.24) is 4.90 Å². The van der Waals surface area contributed by atoms with Crippen LogP contribution in [-0.2, 0) is 17.8 Å². The van der Waals surface area contributed by atoms with Gasteiger partial charge in [0.15, 0.2) is 0 Å². The van der Waals surface area contributed by atoms with E-state index in [2.05, 4.69) is 0 Å². The van der Waals surface area contributed by atoms with Gasteiger partial charge in [-0.05, 0) is 17.5 Å². The molecular weight excluding hydrogens is 284 g/mol. The summed E-state index contributed by atoms with van der Waals surface area (Å²) >= 11 is 5.77. The Morgan fingerprint density at radius 1 is 1.55 bits per heavy atom. The van der Waals surface area contributed by atoms with Gasteiger partial charge in [-0.3, -0.25) is 15.0 Å². The van der Waals surface area contributed by atoms with Crippen molar-refractivity contribution in [2.45, 2.75) is 25.0 Å². The van der Waals surface area contributed by atoms with Crippen LogP contribution in [0.15, 0.2) is 18.2 Å². The summed E-state index contributed by atoms with van der Waals surface area (Å²) in [5.41, 5.74) is 1.80. The number of aliphatic hydroxyl groups excluding tert-OH is 1. The minimum atomic E-state index is -0.499. The predicted molar refractivity (Wildman–Crippen MR) is 73.8 cm³/mol. The number of rotatable bonds is 5. The van der Waals surface area contributed by atoms with Gasteiger partial charge in [-0.1, -0.05) is 6.07 Å². The minimum absolute atomic E-state index is 0.0275. The van der Waals surface area contributed by atoms with Gasteiger partial charge in [-0.15, -0.1) is 11.6 Å². The zero-order valence-corrected chi connectivity index (χ0v) is 11.5. The summed E-state index contributed by atoms with van der Waals surface area (Å²) in [5.74, 6) is 0.129. The topological polar surface area (TPSA) is 83.7 Å². The zero-order chi connectivity index (χ0) is 14.7. The molecule has 0 radical (unpaired) electrons. The first-order valence-corrected chi connectivity index (χ1v) is 6.78. The maximum Gasteiger partial charge on any atom is 0.269 e. The van der Waals surface area contributed by atoms with Crippen LogP contribution in [-0.4, -0.2) is 45.8 Å². The third kappa shape index (κ3) is 2.82. The number of carbonyl (C=O) groups excluding carboxylic acids is 1. The van der Waals surface area contributed by atoms with Crippen LogP contribution in [0.4, 0.5) is 5.69 Å². The van der Waals surface area contributed by atoms with Crippen LogP contribution in [0, 0.1) is 10.1 Å². The summed E-state index contributed by atoms with van der Waals surface area (Å²) in [6, 6.07) is 4.00. The Hall–Kier alpha value is -1.50. The third-order valence-corrected chi connectivity index (χ3v) is 3.95. The largest absolute Gasteiger partial charge is 0.395 e. The molecule has 1 aromatic carbocycles. The van der Waals surface area contributed by atoms with Crippen molar-refractivity contribution in [3.05, 3.63) is 39.4 Å². The molecule has 0 spiro atoms. The summed E-state index contributed by atoms with van der Waals surface area (Å²) in [6.45, 7) is 0.288. The lowest BCUT2D eigenvalue weighted by Crippen LogP contribution is -2.49. The van der Waals surface area contributed by atoms with Crippen LogP contribution in [0.2, 0.25) is 0 Å². The second kappa shape index (κ2) is 6.30. The Balaban J connectivity index is 2.34. The Morgan fingerprint density at radius 2 is 2.30 bits per heavy atom. The Morgan fingerprint density at radius 3 is 2.85 bits per heavy atom. The molecule has 0 aliphatic carbocycles. The van der Waals surface area contributed by atoms with E-state index in [1.807, 2.05) is 0 Å². The second-order valence-electron chi connectivity index (χ2n) is 4.78. The maximum atomic E-state index is 11.1. The van der Waals surface area contributed by atoms with Gasteiger partial charge in [0, 0.05) is 30.6 Å². The van der Waals surface area contributed by atoms with Gasteiger partial charge in [-0.25, -0.2) is 0 Å². The van der Waals surface area contributed by atoms with Gasteiger partial charge >= 0.3 is 0 Å². The standard InChI is InChI=1S/C13H15ClN2O4/c14-5-13(8-18)15-6-10-4-11(16(19)20)2-1-9(10)3-12(15)7-17/h1-2,4,8,12-13,17H,3,5-7H2. The van der Waals surface area contributed by atoms with E-state index in [-0.39, 0.29) is 24.2 Å². The first kappa shape index (κ1) is 14.9. The van der Waals surface area contributed by atoms with Crippen molar-refractivity contribution in [3.63, 3.8) is 0 Å². The number of fused-ring (bicyclic) bond motifs is 1. The molecular formula is C13H15ClN2O4. The Bertz CT molecular complexity index is 523. The fourth-order valence-corrected chi connectivity index (χ4v) is 2.78. The highest BCUT2D eigenvalue weighted by atomic mass is 35.5. The molecule has 1 N–H and O–H groups in total. The number of halogens is 1. The molecule has 2 atom stereocenters. The van der Waals surface area contributed by atoms with Crippen molar-refractivity contribution in [2.24, 2.45) is 0 Å². The van der Waals surface area contributed by atoms with Crippen molar-refractivity contribution >= 4 is 23.6 Å². The molecule has 0 amide bonds. The molecule has 0 bridgehead atoms. The number of non-ortho nitro benzene ring substituents is 1. The number of alkyl halides is 1. The van der Waals surface area contributed by atoms with E-state index < -0.39 is 11.0 Å². The van der Waals surface area contributed by atoms with E-state index in [1.54, 1.807) is 11.0 Å². The average Bonchev–Trinajstić information content (AvgIpc) is 2.47. The molecule has 0 saturated carbocycles. The summed E-state index contributed by atoms with van der Waals surface area (Å²) < 4.78 is 0. The molecule has 1 aliphatic rings. The van der Waals surface area contributed by atoms with E-state index >= 15 is 0 Å². The van der Waals surface area contributed by atoms with E-state index in [1.165, 1.54) is 12.1 Å². The maximum absolute atomic E-state index is 11.1. The van der Waals surface area contributed by atoms with Crippen molar-refractivity contribution < 1.29 is 14.8 Å². The highest BCUT2D eigenvalue weighted by molar-refractivity contribution is 6.19. The smallest absolute Gasteiger partial charge is 0.269 e. The highest BCUT2D eigenvalue weighted by Gasteiger charge is 2.31. The monoisotopic (exact) mass is 298 g/mol. The number of nitro benzene ring substituents is 1. The van der Waals surface area contributed by atoms with Crippen LogP contribution in [0.25, 0.3) is 0 Å². The fraction of sp³-hybridized carbons (Fsp3) is 0.462. The van der Waals surface area contributed by atoms with Crippen LogP contribution >= 0.6 is 11.6 Å². The Kier molecular flexibility index (Phi) is 4.69. The lowest BCUT2D eigenvalue weighted by molar-refractivity contribution is -0.385. The number of nitro groups is 1. The molecule has 2 rings (SSSR count). The molecule has 0 saturated heterocycles. The van der Waals surface area contributed by atoms with Gasteiger partial charge in [0.1, 0.15) is 6.29 Å². The number of nitrogens with zero attached hydrogens (tertiary/aromatic N) is 2. The predicted octanol–water partition coefficient (Wildman–Crippen LogP) is 1.12. The van der Waals surface area contributed by atoms with Gasteiger partial charge in [0.05, 0.1) is 17.6 Å². The SMILES string of the molecule is O=CC(CCl)N1Cc2cc([N+](=O)[O-])ccc2CC1CO. The molecule has 7 heteroatoms. The first-order valence-electron chi connectivity index (χ1n) is 6.24. The average molecular weight is 299 g/mol. The zero-order valence-electron chi connectivity index (χ0n) is 10.7. The Labute approximate surface area is 121 Å². The van der Waals surface area contributed by atoms with Crippen LogP contribution in [0.1, 0.15) is 11.1 Å². The molecule has 1 heterocycles. The van der Waals surface area contributed by atoms with E-state index in [4.69, 9.17) is 11.6 Å². The van der Waals surface area contributed by atoms with E-state index in [0.29, 0.717) is 13.0 Å². The number of hydrogen-bond donors (Lipinski definition) is 1. The number of aliphatic hydroxyl groups is 1. The quantitative estimate of drug-likeness (QED) is 0.381. The molecule has 6 nitrogen and oxygen atoms in total. The van der Waals surface area contributed by atoms with E-state index in [9.17, 15) is 20.0 Å². The van der Waals surface area contributed by atoms with Crippen LogP contribution in [0.5, 0.6) is 0 Å². The number of aldehydes is 1. The van der Waals surface area contributed by atoms with Gasteiger partial charge in [0.2, 0.25) is 0 Å². The highest BCUT2D eigenvalue weighted by Crippen LogP contribution is 2.28. The van der Waals surface area contributed by atoms with E-state index in [0.717, 1.165) is 17.4 Å². The van der Waals surface area contributed by atoms with Crippen molar-refractivity contribution in [2.75, 3.05) is 12.5 Å². The fourth-order valence-electron chi connectivity index (χ4n) is 2.53. The van der Waals surface area contributed by atoms with Gasteiger partial charge in [0.25, 0.3) is 5.69 Å². The van der Waals surface area contributed by atoms with Gasteiger partial charge in [-0.2, -0.15) is 0 Å². The normalized spacial score (nSPS) is 20.2. The van der Waals surface area contributed by atoms with Crippen LogP contribution < -0.4 is 0 Å². The summed E-state index contributed by atoms with van der Waals surface area (Å²) in [5, 5.41) is 20.3. The molecule has 108 valence electrons. The molecule has 1 aliphatic heterocycles. The molecule has 20 heavy (non-hydrogen) atoms. The summed E-state index contributed by atoms with van der Waals surface area (Å²) in [4.78, 5) is 23.2. The third-order valence-electron chi connectivity index (χ3n) is 3.63. The number of hydrogen-bond acceptors (Lipinski definition) is 5. The lowest BCUT2D eigenvalue weighted by Gasteiger charge is -2.38. The molecule has 2 unspecified atom stereocenters. The first-order chi connectivity index (χ1) is 9.60. The summed E-state index contributed by atoms with van der Waals surface area (Å²) in [7, 11) is 0. The van der Waals surface area contributed by atoms with Crippen LogP contribution in [0.3, 0.4) is 0 Å². The molecule has 0 fully saturated rings. The summed E-state index contributed by atoms with van der Waals surface area (Å²) in [6.07, 6.45) is 1.29. The number of carbonyl (C=O) groups is 1. The molecule has 0 aromatic heterocycles. The lowest BCUT2D eigenvalue weighted by atomic mass is 9.92. The number of benzene rings is 1.